The van der Waals surface area contributed by atoms with E-state index in [0.717, 1.165) is 12.6 Å². The zero-order valence-electron chi connectivity index (χ0n) is 12.2. The van der Waals surface area contributed by atoms with Gasteiger partial charge < -0.3 is 15.4 Å². The SMILES string of the molecule is CCCNc1ncc(F)cc1C(=O)NC(C)CCOC. The van der Waals surface area contributed by atoms with Crippen molar-refractivity contribution in [2.24, 2.45) is 0 Å². The number of hydrogen-bond donors (Lipinski definition) is 2. The van der Waals surface area contributed by atoms with Crippen molar-refractivity contribution in [1.82, 2.24) is 10.3 Å². The third kappa shape index (κ3) is 5.13. The van der Waals surface area contributed by atoms with Gasteiger partial charge in [-0.1, -0.05) is 6.92 Å². The molecule has 112 valence electrons. The van der Waals surface area contributed by atoms with Crippen LogP contribution in [0.15, 0.2) is 12.3 Å². The summed E-state index contributed by atoms with van der Waals surface area (Å²) in [5, 5.41) is 5.83. The van der Waals surface area contributed by atoms with E-state index in [1.807, 2.05) is 13.8 Å². The van der Waals surface area contributed by atoms with Gasteiger partial charge in [0.25, 0.3) is 5.91 Å². The molecule has 0 saturated carbocycles. The molecule has 1 aromatic rings. The maximum Gasteiger partial charge on any atom is 0.255 e. The first-order valence-electron chi connectivity index (χ1n) is 6.77. The molecule has 1 amide bonds. The number of aromatic nitrogens is 1. The number of pyridine rings is 1. The highest BCUT2D eigenvalue weighted by Crippen LogP contribution is 2.14. The highest BCUT2D eigenvalue weighted by Gasteiger charge is 2.15. The van der Waals surface area contributed by atoms with Gasteiger partial charge in [0, 0.05) is 26.3 Å². The van der Waals surface area contributed by atoms with E-state index >= 15 is 0 Å². The van der Waals surface area contributed by atoms with Crippen LogP contribution in [0.5, 0.6) is 0 Å². The fraction of sp³-hybridized carbons (Fsp3) is 0.571. The molecule has 0 aliphatic carbocycles. The number of amides is 1. The van der Waals surface area contributed by atoms with Crippen molar-refractivity contribution in [3.8, 4) is 0 Å². The van der Waals surface area contributed by atoms with E-state index in [4.69, 9.17) is 4.74 Å². The molecular formula is C14H22FN3O2. The Bertz CT molecular complexity index is 440. The summed E-state index contributed by atoms with van der Waals surface area (Å²) in [6.07, 6.45) is 2.69. The van der Waals surface area contributed by atoms with Gasteiger partial charge in [-0.2, -0.15) is 0 Å². The van der Waals surface area contributed by atoms with Crippen LogP contribution in [-0.2, 0) is 4.74 Å². The van der Waals surface area contributed by atoms with E-state index in [1.54, 1.807) is 7.11 Å². The minimum absolute atomic E-state index is 0.0512. The molecule has 2 N–H and O–H groups in total. The zero-order chi connectivity index (χ0) is 15.0. The second kappa shape index (κ2) is 8.47. The number of rotatable bonds is 8. The van der Waals surface area contributed by atoms with E-state index in [0.29, 0.717) is 25.4 Å². The number of hydrogen-bond acceptors (Lipinski definition) is 4. The monoisotopic (exact) mass is 283 g/mol. The molecule has 1 atom stereocenters. The van der Waals surface area contributed by atoms with Gasteiger partial charge in [0.05, 0.1) is 11.8 Å². The minimum atomic E-state index is -0.526. The zero-order valence-corrected chi connectivity index (χ0v) is 12.2. The van der Waals surface area contributed by atoms with Crippen LogP contribution in [0.1, 0.15) is 37.0 Å². The molecule has 6 heteroatoms. The third-order valence-electron chi connectivity index (χ3n) is 2.77. The van der Waals surface area contributed by atoms with Crippen molar-refractivity contribution < 1.29 is 13.9 Å². The maximum atomic E-state index is 13.3. The third-order valence-corrected chi connectivity index (χ3v) is 2.77. The number of nitrogens with one attached hydrogen (secondary N) is 2. The Hall–Kier alpha value is -1.69. The van der Waals surface area contributed by atoms with Crippen molar-refractivity contribution in [2.75, 3.05) is 25.6 Å². The first kappa shape index (κ1) is 16.4. The lowest BCUT2D eigenvalue weighted by atomic mass is 10.2. The van der Waals surface area contributed by atoms with E-state index in [-0.39, 0.29) is 17.5 Å². The molecule has 5 nitrogen and oxygen atoms in total. The Labute approximate surface area is 118 Å². The molecule has 0 bridgehead atoms. The lowest BCUT2D eigenvalue weighted by Crippen LogP contribution is -2.34. The van der Waals surface area contributed by atoms with Gasteiger partial charge in [0.2, 0.25) is 0 Å². The number of nitrogens with zero attached hydrogens (tertiary/aromatic N) is 1. The molecule has 1 aromatic heterocycles. The Kier molecular flexibility index (Phi) is 6.93. The van der Waals surface area contributed by atoms with Crippen LogP contribution in [0.4, 0.5) is 10.2 Å². The van der Waals surface area contributed by atoms with Gasteiger partial charge >= 0.3 is 0 Å². The summed E-state index contributed by atoms with van der Waals surface area (Å²) in [7, 11) is 1.61. The van der Waals surface area contributed by atoms with Crippen LogP contribution in [0, 0.1) is 5.82 Å². The van der Waals surface area contributed by atoms with Gasteiger partial charge in [-0.15, -0.1) is 0 Å². The van der Waals surface area contributed by atoms with Crippen LogP contribution in [-0.4, -0.2) is 37.2 Å². The van der Waals surface area contributed by atoms with Gasteiger partial charge in [0.15, 0.2) is 0 Å². The smallest absolute Gasteiger partial charge is 0.255 e. The van der Waals surface area contributed by atoms with Crippen LogP contribution in [0.3, 0.4) is 0 Å². The molecule has 20 heavy (non-hydrogen) atoms. The summed E-state index contributed by atoms with van der Waals surface area (Å²) in [5.74, 6) is -0.453. The molecule has 1 rings (SSSR count). The fourth-order valence-corrected chi connectivity index (χ4v) is 1.66. The second-order valence-corrected chi connectivity index (χ2v) is 4.63. The Morgan fingerprint density at radius 1 is 1.55 bits per heavy atom. The largest absolute Gasteiger partial charge is 0.385 e. The lowest BCUT2D eigenvalue weighted by molar-refractivity contribution is 0.0929. The molecule has 1 unspecified atom stereocenters. The number of carbonyl (C=O) groups excluding carboxylic acids is 1. The summed E-state index contributed by atoms with van der Waals surface area (Å²) < 4.78 is 18.2. The fourth-order valence-electron chi connectivity index (χ4n) is 1.66. The summed E-state index contributed by atoms with van der Waals surface area (Å²) >= 11 is 0. The Morgan fingerprint density at radius 2 is 2.30 bits per heavy atom. The molecule has 0 aliphatic heterocycles. The van der Waals surface area contributed by atoms with Gasteiger partial charge in [-0.3, -0.25) is 4.79 Å². The molecule has 0 aliphatic rings. The maximum absolute atomic E-state index is 13.3. The highest BCUT2D eigenvalue weighted by atomic mass is 19.1. The summed E-state index contributed by atoms with van der Waals surface area (Å²) in [4.78, 5) is 16.1. The normalized spacial score (nSPS) is 12.0. The minimum Gasteiger partial charge on any atom is -0.385 e. The quantitative estimate of drug-likeness (QED) is 0.767. The second-order valence-electron chi connectivity index (χ2n) is 4.63. The Balaban J connectivity index is 2.76. The molecular weight excluding hydrogens is 261 g/mol. The van der Waals surface area contributed by atoms with Crippen molar-refractivity contribution in [1.29, 1.82) is 0 Å². The van der Waals surface area contributed by atoms with Crippen molar-refractivity contribution >= 4 is 11.7 Å². The number of anilines is 1. The average molecular weight is 283 g/mol. The summed E-state index contributed by atoms with van der Waals surface area (Å²) in [6, 6.07) is 1.15. The van der Waals surface area contributed by atoms with Crippen molar-refractivity contribution in [2.45, 2.75) is 32.7 Å². The Morgan fingerprint density at radius 3 is 2.95 bits per heavy atom. The topological polar surface area (TPSA) is 63.2 Å². The van der Waals surface area contributed by atoms with E-state index in [1.165, 1.54) is 6.07 Å². The van der Waals surface area contributed by atoms with Gasteiger partial charge in [-0.25, -0.2) is 9.37 Å². The molecule has 1 heterocycles. The first-order chi connectivity index (χ1) is 9.58. The summed E-state index contributed by atoms with van der Waals surface area (Å²) in [5.41, 5.74) is 0.225. The molecule has 0 aromatic carbocycles. The molecule has 0 spiro atoms. The van der Waals surface area contributed by atoms with E-state index in [2.05, 4.69) is 15.6 Å². The standard InChI is InChI=1S/C14H22FN3O2/c1-4-6-16-13-12(8-11(15)9-17-13)14(19)18-10(2)5-7-20-3/h8-10H,4-7H2,1-3H3,(H,16,17)(H,18,19). The van der Waals surface area contributed by atoms with E-state index < -0.39 is 5.82 Å². The highest BCUT2D eigenvalue weighted by molar-refractivity contribution is 5.98. The van der Waals surface area contributed by atoms with Crippen LogP contribution < -0.4 is 10.6 Å². The number of ether oxygens (including phenoxy) is 1. The van der Waals surface area contributed by atoms with Crippen LogP contribution in [0.25, 0.3) is 0 Å². The van der Waals surface area contributed by atoms with Crippen molar-refractivity contribution in [3.05, 3.63) is 23.6 Å². The van der Waals surface area contributed by atoms with Crippen molar-refractivity contribution in [3.63, 3.8) is 0 Å². The van der Waals surface area contributed by atoms with Gasteiger partial charge in [0.1, 0.15) is 11.6 Å². The van der Waals surface area contributed by atoms with Gasteiger partial charge in [-0.05, 0) is 25.8 Å². The predicted octanol–water partition coefficient (Wildman–Crippen LogP) is 2.20. The first-order valence-corrected chi connectivity index (χ1v) is 6.77. The average Bonchev–Trinajstić information content (AvgIpc) is 2.43. The molecule has 0 radical (unpaired) electrons. The number of carbonyl (C=O) groups is 1. The predicted molar refractivity (Wildman–Crippen MR) is 76.4 cm³/mol. The lowest BCUT2D eigenvalue weighted by Gasteiger charge is -2.15. The van der Waals surface area contributed by atoms with E-state index in [9.17, 15) is 9.18 Å². The molecule has 0 saturated heterocycles. The summed E-state index contributed by atoms with van der Waals surface area (Å²) in [6.45, 7) is 5.12. The number of halogens is 1. The van der Waals surface area contributed by atoms with Crippen LogP contribution >= 0.6 is 0 Å². The number of methoxy groups -OCH3 is 1. The van der Waals surface area contributed by atoms with Crippen LogP contribution in [0.2, 0.25) is 0 Å². The molecule has 0 fully saturated rings.